The monoisotopic (exact) mass is 491 g/mol. The Morgan fingerprint density at radius 1 is 0.943 bits per heavy atom. The number of anilines is 2. The number of nitrogens with one attached hydrogen (secondary N) is 3. The third-order valence-electron chi connectivity index (χ3n) is 5.58. The van der Waals surface area contributed by atoms with Crippen molar-refractivity contribution in [3.05, 3.63) is 89.5 Å². The lowest BCUT2D eigenvalue weighted by atomic mass is 10.00. The zero-order valence-corrected chi connectivity index (χ0v) is 21.0. The van der Waals surface area contributed by atoms with Crippen molar-refractivity contribution in [2.45, 2.75) is 20.4 Å². The van der Waals surface area contributed by atoms with Crippen LogP contribution in [0.15, 0.2) is 72.8 Å². The van der Waals surface area contributed by atoms with E-state index in [9.17, 15) is 9.36 Å². The lowest BCUT2D eigenvalue weighted by Gasteiger charge is -2.18. The Morgan fingerprint density at radius 2 is 1.63 bits per heavy atom. The number of carbonyl (C=O) groups excluding carboxylic acids is 1. The Hall–Kier alpha value is -3.22. The van der Waals surface area contributed by atoms with Gasteiger partial charge in [0, 0.05) is 23.5 Å². The van der Waals surface area contributed by atoms with Crippen LogP contribution < -0.4 is 21.3 Å². The smallest absolute Gasteiger partial charge is 0.354 e. The Labute approximate surface area is 206 Å². The van der Waals surface area contributed by atoms with Crippen molar-refractivity contribution < 1.29 is 18.4 Å². The zero-order valence-electron chi connectivity index (χ0n) is 20.1. The van der Waals surface area contributed by atoms with Gasteiger partial charge in [0.05, 0.1) is 29.8 Å². The number of amides is 1. The summed E-state index contributed by atoms with van der Waals surface area (Å²) in [5.74, 6) is -0.238. The summed E-state index contributed by atoms with van der Waals surface area (Å²) in [7, 11) is -1.61. The molecule has 0 bridgehead atoms. The molecule has 0 aliphatic carbocycles. The van der Waals surface area contributed by atoms with E-state index in [0.29, 0.717) is 27.8 Å². The summed E-state index contributed by atoms with van der Waals surface area (Å²) in [6.45, 7) is 4.80. The molecule has 3 aromatic rings. The third-order valence-corrected chi connectivity index (χ3v) is 7.69. The number of rotatable bonds is 10. The summed E-state index contributed by atoms with van der Waals surface area (Å²) >= 11 is 0. The number of hydrogen-bond donors (Lipinski definition) is 3. The maximum absolute atomic E-state index is 13.4. The summed E-state index contributed by atoms with van der Waals surface area (Å²) < 4.78 is 24.5. The van der Waals surface area contributed by atoms with Gasteiger partial charge in [0.25, 0.3) is 5.91 Å². The molecular weight excluding hydrogens is 461 g/mol. The molecule has 8 heteroatoms. The average molecular weight is 492 g/mol. The molecular formula is C27H30N3O4P. The van der Waals surface area contributed by atoms with Crippen molar-refractivity contribution in [2.75, 3.05) is 30.9 Å². The first-order chi connectivity index (χ1) is 17.0. The number of hydrogen-bond acceptors (Lipinski definition) is 6. The van der Waals surface area contributed by atoms with Gasteiger partial charge >= 0.3 is 7.60 Å². The van der Waals surface area contributed by atoms with Crippen LogP contribution in [0.1, 0.15) is 30.5 Å². The quantitative estimate of drug-likeness (QED) is 0.266. The topological polar surface area (TPSA) is 88.7 Å². The van der Waals surface area contributed by atoms with Crippen molar-refractivity contribution in [1.82, 2.24) is 5.32 Å². The number of carbonyl (C=O) groups is 1. The molecule has 0 spiro atoms. The fraction of sp³-hybridized carbons (Fsp3) is 0.222. The van der Waals surface area contributed by atoms with Crippen LogP contribution in [0.5, 0.6) is 0 Å². The van der Waals surface area contributed by atoms with Gasteiger partial charge in [0.2, 0.25) is 0 Å². The molecule has 0 radical (unpaired) electrons. The molecule has 7 nitrogen and oxygen atoms in total. The van der Waals surface area contributed by atoms with Crippen molar-refractivity contribution in [3.8, 4) is 0 Å². The van der Waals surface area contributed by atoms with E-state index in [1.54, 1.807) is 32.0 Å². The molecule has 0 atom stereocenters. The average Bonchev–Trinajstić information content (AvgIpc) is 3.19. The molecule has 1 aliphatic rings. The minimum Gasteiger partial charge on any atom is -0.354 e. The summed E-state index contributed by atoms with van der Waals surface area (Å²) in [5, 5.41) is 9.94. The first kappa shape index (κ1) is 24.9. The number of fused-ring (bicyclic) bond motifs is 1. The van der Waals surface area contributed by atoms with Gasteiger partial charge in [-0.3, -0.25) is 9.36 Å². The van der Waals surface area contributed by atoms with E-state index in [0.717, 1.165) is 23.4 Å². The van der Waals surface area contributed by atoms with E-state index in [-0.39, 0.29) is 19.1 Å². The van der Waals surface area contributed by atoms with Gasteiger partial charge in [-0.1, -0.05) is 42.5 Å². The Kier molecular flexibility index (Phi) is 7.83. The summed E-state index contributed by atoms with van der Waals surface area (Å²) in [4.78, 5) is 13.2. The van der Waals surface area contributed by atoms with Crippen LogP contribution in [0.4, 0.5) is 11.4 Å². The Balaban J connectivity index is 1.84. The highest BCUT2D eigenvalue weighted by atomic mass is 31.2. The third kappa shape index (κ3) is 5.39. The van der Waals surface area contributed by atoms with Gasteiger partial charge in [0.1, 0.15) is 0 Å². The molecule has 0 saturated carbocycles. The lowest BCUT2D eigenvalue weighted by molar-refractivity contribution is -0.110. The van der Waals surface area contributed by atoms with E-state index in [1.165, 1.54) is 0 Å². The Morgan fingerprint density at radius 3 is 2.26 bits per heavy atom. The first-order valence-corrected chi connectivity index (χ1v) is 13.2. The van der Waals surface area contributed by atoms with Crippen molar-refractivity contribution in [2.24, 2.45) is 0 Å². The minimum atomic E-state index is -3.52. The highest BCUT2D eigenvalue weighted by Crippen LogP contribution is 2.48. The second-order valence-electron chi connectivity index (χ2n) is 7.99. The molecule has 1 heterocycles. The van der Waals surface area contributed by atoms with Gasteiger partial charge in [0.15, 0.2) is 0 Å². The largest absolute Gasteiger partial charge is 0.361 e. The molecule has 3 aromatic carbocycles. The standard InChI is InChI=1S/C27H30N3O4P/c1-4-33-35(32,34-5-2)22-15-16-24-23(17-22)25(27(31)30-24)26(20-9-7-6-8-10-20)29-21-13-11-19(12-14-21)18-28-3/h6-17,28-29H,4-5,18H2,1-3H3,(H,30,31)/b26-25-. The van der Waals surface area contributed by atoms with Crippen LogP contribution in [0.25, 0.3) is 11.3 Å². The van der Waals surface area contributed by atoms with Gasteiger partial charge < -0.3 is 25.0 Å². The van der Waals surface area contributed by atoms with Crippen LogP contribution in [-0.4, -0.2) is 26.2 Å². The van der Waals surface area contributed by atoms with Gasteiger partial charge in [-0.25, -0.2) is 0 Å². The normalized spacial score (nSPS) is 14.4. The first-order valence-electron chi connectivity index (χ1n) is 11.6. The highest BCUT2D eigenvalue weighted by molar-refractivity contribution is 7.62. The second-order valence-corrected chi connectivity index (χ2v) is 10.0. The zero-order chi connectivity index (χ0) is 24.8. The molecule has 0 fully saturated rings. The van der Waals surface area contributed by atoms with Crippen LogP contribution in [-0.2, 0) is 25.0 Å². The molecule has 182 valence electrons. The van der Waals surface area contributed by atoms with Gasteiger partial charge in [-0.2, -0.15) is 0 Å². The predicted molar refractivity (Wildman–Crippen MR) is 142 cm³/mol. The van der Waals surface area contributed by atoms with Crippen LogP contribution in [0.2, 0.25) is 0 Å². The minimum absolute atomic E-state index is 0.238. The fourth-order valence-electron chi connectivity index (χ4n) is 4.04. The highest BCUT2D eigenvalue weighted by Gasteiger charge is 2.33. The molecule has 1 amide bonds. The van der Waals surface area contributed by atoms with Crippen LogP contribution in [0.3, 0.4) is 0 Å². The van der Waals surface area contributed by atoms with Gasteiger partial charge in [-0.05, 0) is 62.4 Å². The molecule has 0 saturated heterocycles. The lowest BCUT2D eigenvalue weighted by Crippen LogP contribution is -2.12. The van der Waals surface area contributed by atoms with Crippen molar-refractivity contribution >= 4 is 41.5 Å². The van der Waals surface area contributed by atoms with Crippen molar-refractivity contribution in [3.63, 3.8) is 0 Å². The summed E-state index contributed by atoms with van der Waals surface area (Å²) in [6, 6.07) is 22.9. The van der Waals surface area contributed by atoms with E-state index in [4.69, 9.17) is 9.05 Å². The maximum Gasteiger partial charge on any atom is 0.361 e. The second kappa shape index (κ2) is 11.0. The maximum atomic E-state index is 13.4. The van der Waals surface area contributed by atoms with Crippen LogP contribution >= 0.6 is 7.60 Å². The molecule has 0 unspecified atom stereocenters. The van der Waals surface area contributed by atoms with E-state index in [2.05, 4.69) is 16.0 Å². The van der Waals surface area contributed by atoms with E-state index >= 15 is 0 Å². The molecule has 35 heavy (non-hydrogen) atoms. The Bertz CT molecular complexity index is 1260. The van der Waals surface area contributed by atoms with Crippen LogP contribution in [0, 0.1) is 0 Å². The molecule has 4 rings (SSSR count). The van der Waals surface area contributed by atoms with E-state index < -0.39 is 7.60 Å². The SMILES string of the molecule is CCOP(=O)(OCC)c1ccc2c(c1)/C(=C(/Nc1ccc(CNC)cc1)c1ccccc1)C(=O)N2. The van der Waals surface area contributed by atoms with Crippen molar-refractivity contribution in [1.29, 1.82) is 0 Å². The molecule has 1 aliphatic heterocycles. The van der Waals surface area contributed by atoms with Gasteiger partial charge in [-0.15, -0.1) is 0 Å². The molecule has 0 aromatic heterocycles. The fourth-order valence-corrected chi connectivity index (χ4v) is 5.64. The number of benzene rings is 3. The summed E-state index contributed by atoms with van der Waals surface area (Å²) in [5.41, 5.74) is 5.27. The summed E-state index contributed by atoms with van der Waals surface area (Å²) in [6.07, 6.45) is 0. The predicted octanol–water partition coefficient (Wildman–Crippen LogP) is 5.23. The molecule has 3 N–H and O–H groups in total. The van der Waals surface area contributed by atoms with E-state index in [1.807, 2.05) is 61.6 Å².